The molecule has 45 heavy (non-hydrogen) atoms. The molecule has 1 aliphatic heterocycles. The third kappa shape index (κ3) is 8.17. The van der Waals surface area contributed by atoms with E-state index in [0.717, 1.165) is 36.2 Å². The van der Waals surface area contributed by atoms with E-state index in [1.165, 1.54) is 6.07 Å². The highest BCUT2D eigenvalue weighted by molar-refractivity contribution is 6.00. The number of amides is 2. The summed E-state index contributed by atoms with van der Waals surface area (Å²) in [5.74, 6) is -0.636. The molecule has 3 atom stereocenters. The number of nitrogens with zero attached hydrogens (tertiary/aromatic N) is 3. The van der Waals surface area contributed by atoms with Crippen molar-refractivity contribution in [2.45, 2.75) is 50.2 Å². The first-order valence-corrected chi connectivity index (χ1v) is 14.9. The molecular formula is C34H36F3N5O3. The molecule has 0 spiro atoms. The van der Waals surface area contributed by atoms with Crippen LogP contribution >= 0.6 is 0 Å². The van der Waals surface area contributed by atoms with Gasteiger partial charge in [0.05, 0.1) is 29.4 Å². The van der Waals surface area contributed by atoms with Crippen LogP contribution in [0.5, 0.6) is 0 Å². The summed E-state index contributed by atoms with van der Waals surface area (Å²) in [5.41, 5.74) is 2.06. The van der Waals surface area contributed by atoms with Crippen LogP contribution in [-0.4, -0.2) is 56.8 Å². The number of aliphatic hydroxyl groups is 1. The number of alkyl halides is 3. The lowest BCUT2D eigenvalue weighted by atomic mass is 10.00. The predicted octanol–water partition coefficient (Wildman–Crippen LogP) is 4.91. The van der Waals surface area contributed by atoms with Gasteiger partial charge in [0.1, 0.15) is 0 Å². The second kappa shape index (κ2) is 14.1. The van der Waals surface area contributed by atoms with Crippen LogP contribution in [0.4, 0.5) is 13.2 Å². The Bertz CT molecular complexity index is 1610. The minimum Gasteiger partial charge on any atom is -0.390 e. The summed E-state index contributed by atoms with van der Waals surface area (Å²) in [5, 5.41) is 21.5. The Kier molecular flexibility index (Phi) is 9.99. The van der Waals surface area contributed by atoms with E-state index in [9.17, 15) is 27.9 Å². The fraction of sp³-hybridized carbons (Fsp3) is 0.324. The predicted molar refractivity (Wildman–Crippen MR) is 163 cm³/mol. The monoisotopic (exact) mass is 619 g/mol. The minimum absolute atomic E-state index is 0.0242. The van der Waals surface area contributed by atoms with Gasteiger partial charge in [0.25, 0.3) is 11.8 Å². The molecule has 8 nitrogen and oxygen atoms in total. The van der Waals surface area contributed by atoms with Crippen molar-refractivity contribution in [2.75, 3.05) is 13.1 Å². The number of hydrogen-bond donors (Lipinski definition) is 3. The average molecular weight is 620 g/mol. The van der Waals surface area contributed by atoms with Gasteiger partial charge in [-0.25, -0.2) is 0 Å². The van der Waals surface area contributed by atoms with Crippen LogP contribution in [0.1, 0.15) is 62.0 Å². The molecule has 3 aromatic carbocycles. The van der Waals surface area contributed by atoms with Crippen molar-refractivity contribution in [3.8, 4) is 0 Å². The molecule has 2 amide bonds. The number of benzene rings is 3. The van der Waals surface area contributed by atoms with E-state index in [1.54, 1.807) is 39.9 Å². The van der Waals surface area contributed by atoms with Crippen LogP contribution in [0.25, 0.3) is 0 Å². The first kappa shape index (κ1) is 31.9. The lowest BCUT2D eigenvalue weighted by Gasteiger charge is -2.25. The van der Waals surface area contributed by atoms with Crippen molar-refractivity contribution in [3.05, 3.63) is 125 Å². The highest BCUT2D eigenvalue weighted by atomic mass is 19.4. The number of nitrogens with one attached hydrogen (secondary N) is 2. The molecule has 1 aliphatic rings. The van der Waals surface area contributed by atoms with Gasteiger partial charge in [0.2, 0.25) is 0 Å². The quantitative estimate of drug-likeness (QED) is 0.222. The van der Waals surface area contributed by atoms with Crippen LogP contribution in [0.2, 0.25) is 0 Å². The molecule has 4 aromatic rings. The molecule has 1 aromatic heterocycles. The van der Waals surface area contributed by atoms with Gasteiger partial charge in [0, 0.05) is 44.0 Å². The third-order valence-corrected chi connectivity index (χ3v) is 7.98. The minimum atomic E-state index is -4.45. The van der Waals surface area contributed by atoms with Crippen LogP contribution in [0, 0.1) is 0 Å². The molecule has 1 fully saturated rings. The smallest absolute Gasteiger partial charge is 0.390 e. The average Bonchev–Trinajstić information content (AvgIpc) is 3.70. The molecule has 0 radical (unpaired) electrons. The van der Waals surface area contributed by atoms with Gasteiger partial charge in [-0.1, -0.05) is 54.6 Å². The molecule has 236 valence electrons. The number of aliphatic hydroxyl groups excluding tert-OH is 1. The molecule has 1 unspecified atom stereocenters. The van der Waals surface area contributed by atoms with E-state index < -0.39 is 29.8 Å². The largest absolute Gasteiger partial charge is 0.416 e. The zero-order valence-corrected chi connectivity index (χ0v) is 24.9. The number of rotatable bonds is 11. The number of likely N-dealkylation sites (tertiary alicyclic amines) is 1. The number of carbonyl (C=O) groups is 2. The number of halogens is 3. The first-order valence-electron chi connectivity index (χ1n) is 14.9. The van der Waals surface area contributed by atoms with Gasteiger partial charge in [-0.05, 0) is 60.7 Å². The molecule has 11 heteroatoms. The highest BCUT2D eigenvalue weighted by Crippen LogP contribution is 2.32. The van der Waals surface area contributed by atoms with E-state index in [-0.39, 0.29) is 30.6 Å². The summed E-state index contributed by atoms with van der Waals surface area (Å²) in [6.45, 7) is 0.721. The van der Waals surface area contributed by atoms with Gasteiger partial charge in [-0.15, -0.1) is 0 Å². The lowest BCUT2D eigenvalue weighted by Crippen LogP contribution is -2.48. The Labute approximate surface area is 259 Å². The van der Waals surface area contributed by atoms with Crippen molar-refractivity contribution >= 4 is 11.8 Å². The summed E-state index contributed by atoms with van der Waals surface area (Å²) < 4.78 is 41.0. The fourth-order valence-corrected chi connectivity index (χ4v) is 5.65. The summed E-state index contributed by atoms with van der Waals surface area (Å²) in [7, 11) is 1.83. The molecule has 3 N–H and O–H groups in total. The molecule has 1 saturated heterocycles. The van der Waals surface area contributed by atoms with E-state index in [0.29, 0.717) is 24.1 Å². The summed E-state index contributed by atoms with van der Waals surface area (Å²) in [4.78, 5) is 28.8. The maximum atomic E-state index is 13.5. The van der Waals surface area contributed by atoms with Crippen molar-refractivity contribution in [1.29, 1.82) is 0 Å². The zero-order valence-electron chi connectivity index (χ0n) is 24.9. The maximum absolute atomic E-state index is 13.5. The maximum Gasteiger partial charge on any atom is 0.416 e. The van der Waals surface area contributed by atoms with Gasteiger partial charge in [-0.2, -0.15) is 18.3 Å². The van der Waals surface area contributed by atoms with Crippen molar-refractivity contribution in [1.82, 2.24) is 25.3 Å². The standard InChI is InChI=1S/C34H36F3N5O3/c1-41-17-15-28(40-41)30-14-7-16-42(30)33(45)26-12-6-11-25(20-26)32(44)39-29(19-23-8-3-2-4-9-23)31(43)22-38-21-24-10-5-13-27(18-24)34(35,36)37/h2-6,8-13,15,17-18,20,29-31,38,43H,7,14,16,19,21-22H2,1H3,(H,39,44)/t29-,30?,31+/m0/s1. The Balaban J connectivity index is 1.26. The van der Waals surface area contributed by atoms with Crippen molar-refractivity contribution < 1.29 is 27.9 Å². The first-order chi connectivity index (χ1) is 21.6. The number of aromatic nitrogens is 2. The van der Waals surface area contributed by atoms with Crippen LogP contribution < -0.4 is 10.6 Å². The second-order valence-electron chi connectivity index (χ2n) is 11.3. The molecule has 5 rings (SSSR count). The number of aryl methyl sites for hydroxylation is 1. The lowest BCUT2D eigenvalue weighted by molar-refractivity contribution is -0.137. The van der Waals surface area contributed by atoms with Crippen molar-refractivity contribution in [2.24, 2.45) is 7.05 Å². The summed E-state index contributed by atoms with van der Waals surface area (Å²) >= 11 is 0. The van der Waals surface area contributed by atoms with Gasteiger partial charge in [0.15, 0.2) is 0 Å². The Morgan fingerprint density at radius 2 is 1.71 bits per heavy atom. The molecular weight excluding hydrogens is 583 g/mol. The van der Waals surface area contributed by atoms with Crippen LogP contribution in [0.15, 0.2) is 91.1 Å². The van der Waals surface area contributed by atoms with Gasteiger partial charge in [-0.3, -0.25) is 14.3 Å². The van der Waals surface area contributed by atoms with Gasteiger partial charge >= 0.3 is 6.18 Å². The highest BCUT2D eigenvalue weighted by Gasteiger charge is 2.33. The molecule has 0 bridgehead atoms. The summed E-state index contributed by atoms with van der Waals surface area (Å²) in [6.07, 6.45) is -1.68. The zero-order chi connectivity index (χ0) is 32.0. The number of carbonyl (C=O) groups excluding carboxylic acids is 2. The second-order valence-corrected chi connectivity index (χ2v) is 11.3. The SMILES string of the molecule is Cn1ccc(C2CCCN2C(=O)c2cccc(C(=O)N[C@@H](Cc3ccccc3)[C@H](O)CNCc3cccc(C(F)(F)F)c3)c2)n1. The third-order valence-electron chi connectivity index (χ3n) is 7.98. The Hall–Kier alpha value is -4.48. The topological polar surface area (TPSA) is 99.5 Å². The van der Waals surface area contributed by atoms with Crippen LogP contribution in [0.3, 0.4) is 0 Å². The van der Waals surface area contributed by atoms with E-state index in [2.05, 4.69) is 15.7 Å². The molecule has 0 aliphatic carbocycles. The normalized spacial score (nSPS) is 16.4. The molecule has 0 saturated carbocycles. The van der Waals surface area contributed by atoms with E-state index >= 15 is 0 Å². The Morgan fingerprint density at radius 3 is 2.44 bits per heavy atom. The van der Waals surface area contributed by atoms with Crippen molar-refractivity contribution in [3.63, 3.8) is 0 Å². The van der Waals surface area contributed by atoms with Crippen LogP contribution in [-0.2, 0) is 26.2 Å². The number of hydrogen-bond acceptors (Lipinski definition) is 5. The van der Waals surface area contributed by atoms with E-state index in [1.807, 2.05) is 49.6 Å². The fourth-order valence-electron chi connectivity index (χ4n) is 5.65. The van der Waals surface area contributed by atoms with Gasteiger partial charge < -0.3 is 20.6 Å². The Morgan fingerprint density at radius 1 is 0.978 bits per heavy atom. The summed E-state index contributed by atoms with van der Waals surface area (Å²) in [6, 6.07) is 21.9. The van der Waals surface area contributed by atoms with E-state index in [4.69, 9.17) is 0 Å². The molecule has 2 heterocycles.